The zero-order chi connectivity index (χ0) is 16.5. The van der Waals surface area contributed by atoms with Crippen LogP contribution in [0.25, 0.3) is 0 Å². The van der Waals surface area contributed by atoms with Gasteiger partial charge in [-0.25, -0.2) is 22.0 Å². The Balaban J connectivity index is 2.46. The van der Waals surface area contributed by atoms with Gasteiger partial charge in [-0.2, -0.15) is 4.31 Å². The molecule has 0 aromatic heterocycles. The van der Waals surface area contributed by atoms with Crippen molar-refractivity contribution < 1.29 is 16.8 Å². The second-order valence-corrected chi connectivity index (χ2v) is 9.01. The van der Waals surface area contributed by atoms with Crippen LogP contribution >= 0.6 is 0 Å². The summed E-state index contributed by atoms with van der Waals surface area (Å²) in [6.07, 6.45) is 1.68. The van der Waals surface area contributed by atoms with Gasteiger partial charge in [0.15, 0.2) is 0 Å². The first-order valence-corrected chi connectivity index (χ1v) is 10.0. The molecule has 2 atom stereocenters. The Morgan fingerprint density at radius 2 is 1.86 bits per heavy atom. The summed E-state index contributed by atoms with van der Waals surface area (Å²) in [4.78, 5) is -0.297. The molecular formula is C13H21N3O4S2. The Hall–Kier alpha value is -1.00. The van der Waals surface area contributed by atoms with E-state index in [0.717, 1.165) is 18.9 Å². The Kier molecular flexibility index (Phi) is 4.93. The van der Waals surface area contributed by atoms with Gasteiger partial charge in [-0.15, -0.1) is 0 Å². The molecule has 9 heteroatoms. The van der Waals surface area contributed by atoms with Crippen molar-refractivity contribution in [1.29, 1.82) is 0 Å². The van der Waals surface area contributed by atoms with Crippen LogP contribution in [-0.4, -0.2) is 40.3 Å². The average molecular weight is 347 g/mol. The van der Waals surface area contributed by atoms with Crippen LogP contribution in [0.15, 0.2) is 34.1 Å². The maximum absolute atomic E-state index is 12.8. The van der Waals surface area contributed by atoms with Crippen LogP contribution in [0.2, 0.25) is 0 Å². The molecule has 0 radical (unpaired) electrons. The van der Waals surface area contributed by atoms with E-state index in [2.05, 4.69) is 0 Å². The number of sulfonamides is 2. The van der Waals surface area contributed by atoms with E-state index in [1.54, 1.807) is 0 Å². The van der Waals surface area contributed by atoms with Crippen LogP contribution in [-0.2, 0) is 20.0 Å². The van der Waals surface area contributed by atoms with Gasteiger partial charge in [0.25, 0.3) is 0 Å². The lowest BCUT2D eigenvalue weighted by atomic mass is 9.93. The van der Waals surface area contributed by atoms with Crippen molar-refractivity contribution in [3.05, 3.63) is 24.3 Å². The van der Waals surface area contributed by atoms with Crippen LogP contribution in [0.4, 0.5) is 0 Å². The largest absolute Gasteiger partial charge is 0.329 e. The molecule has 1 aliphatic rings. The van der Waals surface area contributed by atoms with E-state index in [9.17, 15) is 16.8 Å². The summed E-state index contributed by atoms with van der Waals surface area (Å²) in [5.74, 6) is 0.162. The molecule has 7 nitrogen and oxygen atoms in total. The van der Waals surface area contributed by atoms with E-state index in [0.29, 0.717) is 6.54 Å². The minimum Gasteiger partial charge on any atom is -0.329 e. The van der Waals surface area contributed by atoms with Gasteiger partial charge in [0.05, 0.1) is 9.79 Å². The standard InChI is InChI=1S/C13H21N3O4S2/c1-10-4-3-7-16(13(10)9-14)22(19,20)12-6-2-5-11(8-12)21(15,17)18/h2,5-6,8,10,13H,3-4,7,9,14H2,1H3,(H2,15,17,18)/t10-,13+/m1/s1. The van der Waals surface area contributed by atoms with Crippen molar-refractivity contribution in [1.82, 2.24) is 4.31 Å². The summed E-state index contributed by atoms with van der Waals surface area (Å²) < 4.78 is 49.8. The molecule has 1 saturated heterocycles. The zero-order valence-corrected chi connectivity index (χ0v) is 14.0. The van der Waals surface area contributed by atoms with Gasteiger partial charge in [-0.05, 0) is 37.0 Å². The summed E-state index contributed by atoms with van der Waals surface area (Å²) in [5, 5.41) is 5.07. The smallest absolute Gasteiger partial charge is 0.243 e. The number of nitrogens with two attached hydrogens (primary N) is 2. The molecule has 0 saturated carbocycles. The highest BCUT2D eigenvalue weighted by atomic mass is 32.2. The number of benzene rings is 1. The second kappa shape index (κ2) is 6.25. The minimum atomic E-state index is -3.95. The summed E-state index contributed by atoms with van der Waals surface area (Å²) in [5.41, 5.74) is 5.74. The number of rotatable bonds is 4. The van der Waals surface area contributed by atoms with Crippen LogP contribution in [0.3, 0.4) is 0 Å². The SMILES string of the molecule is C[C@@H]1CCCN(S(=O)(=O)c2cccc(S(N)(=O)=O)c2)[C@H]1CN. The summed E-state index contributed by atoms with van der Waals surface area (Å²) in [6.45, 7) is 2.59. The molecule has 0 aliphatic carbocycles. The molecule has 1 aliphatic heterocycles. The normalized spacial score (nSPS) is 24.3. The van der Waals surface area contributed by atoms with Crippen molar-refractivity contribution in [3.8, 4) is 0 Å². The third-order valence-electron chi connectivity index (χ3n) is 4.05. The Labute approximate surface area is 131 Å². The average Bonchev–Trinajstić information content (AvgIpc) is 2.46. The zero-order valence-electron chi connectivity index (χ0n) is 12.3. The van der Waals surface area contributed by atoms with Gasteiger partial charge in [0.1, 0.15) is 0 Å². The lowest BCUT2D eigenvalue weighted by Gasteiger charge is -2.38. The highest BCUT2D eigenvalue weighted by molar-refractivity contribution is 7.90. The molecule has 1 fully saturated rings. The molecule has 4 N–H and O–H groups in total. The second-order valence-electron chi connectivity index (χ2n) is 5.56. The molecule has 0 unspecified atom stereocenters. The molecule has 1 heterocycles. The van der Waals surface area contributed by atoms with Gasteiger partial charge in [-0.3, -0.25) is 0 Å². The number of piperidine rings is 1. The molecule has 2 rings (SSSR count). The van der Waals surface area contributed by atoms with Crippen molar-refractivity contribution >= 4 is 20.0 Å². The number of primary sulfonamides is 1. The Bertz CT molecular complexity index is 746. The number of hydrogen-bond donors (Lipinski definition) is 2. The first kappa shape index (κ1) is 17.4. The molecule has 22 heavy (non-hydrogen) atoms. The van der Waals surface area contributed by atoms with E-state index >= 15 is 0 Å². The Morgan fingerprint density at radius 3 is 2.45 bits per heavy atom. The monoisotopic (exact) mass is 347 g/mol. The molecule has 0 spiro atoms. The lowest BCUT2D eigenvalue weighted by molar-refractivity contribution is 0.192. The molecule has 1 aromatic rings. The van der Waals surface area contributed by atoms with Crippen molar-refractivity contribution in [2.75, 3.05) is 13.1 Å². The number of nitrogens with zero attached hydrogens (tertiary/aromatic N) is 1. The first-order valence-electron chi connectivity index (χ1n) is 7.02. The molecule has 0 bridgehead atoms. The number of hydrogen-bond acceptors (Lipinski definition) is 5. The van der Waals surface area contributed by atoms with Crippen LogP contribution in [0, 0.1) is 5.92 Å². The quantitative estimate of drug-likeness (QED) is 0.798. The highest BCUT2D eigenvalue weighted by Gasteiger charge is 2.36. The Morgan fingerprint density at radius 1 is 1.23 bits per heavy atom. The fourth-order valence-corrected chi connectivity index (χ4v) is 5.26. The van der Waals surface area contributed by atoms with Crippen molar-refractivity contribution in [3.63, 3.8) is 0 Å². The maximum Gasteiger partial charge on any atom is 0.243 e. The van der Waals surface area contributed by atoms with Crippen LogP contribution < -0.4 is 10.9 Å². The topological polar surface area (TPSA) is 124 Å². The molecule has 124 valence electrons. The fraction of sp³-hybridized carbons (Fsp3) is 0.538. The predicted octanol–water partition coefficient (Wildman–Crippen LogP) is 0.0819. The maximum atomic E-state index is 12.8. The van der Waals surface area contributed by atoms with E-state index < -0.39 is 20.0 Å². The van der Waals surface area contributed by atoms with E-state index in [1.807, 2.05) is 6.92 Å². The third-order valence-corrected chi connectivity index (χ3v) is 6.88. The summed E-state index contributed by atoms with van der Waals surface area (Å²) in [7, 11) is -7.76. The van der Waals surface area contributed by atoms with Gasteiger partial charge in [0.2, 0.25) is 20.0 Å². The predicted molar refractivity (Wildman–Crippen MR) is 82.9 cm³/mol. The van der Waals surface area contributed by atoms with Crippen LogP contribution in [0.5, 0.6) is 0 Å². The van der Waals surface area contributed by atoms with E-state index in [1.165, 1.54) is 22.5 Å². The molecular weight excluding hydrogens is 326 g/mol. The van der Waals surface area contributed by atoms with Crippen LogP contribution in [0.1, 0.15) is 19.8 Å². The first-order chi connectivity index (χ1) is 10.2. The highest BCUT2D eigenvalue weighted by Crippen LogP contribution is 2.29. The van der Waals surface area contributed by atoms with Crippen molar-refractivity contribution in [2.24, 2.45) is 16.8 Å². The van der Waals surface area contributed by atoms with Gasteiger partial charge >= 0.3 is 0 Å². The van der Waals surface area contributed by atoms with E-state index in [-0.39, 0.29) is 28.3 Å². The van der Waals surface area contributed by atoms with Gasteiger partial charge < -0.3 is 5.73 Å². The van der Waals surface area contributed by atoms with E-state index in [4.69, 9.17) is 10.9 Å². The van der Waals surface area contributed by atoms with Gasteiger partial charge in [0, 0.05) is 19.1 Å². The molecule has 0 amide bonds. The fourth-order valence-electron chi connectivity index (χ4n) is 2.81. The minimum absolute atomic E-state index is 0.0772. The van der Waals surface area contributed by atoms with Crippen molar-refractivity contribution in [2.45, 2.75) is 35.6 Å². The summed E-state index contributed by atoms with van der Waals surface area (Å²) in [6, 6.07) is 4.83. The summed E-state index contributed by atoms with van der Waals surface area (Å²) >= 11 is 0. The third kappa shape index (κ3) is 3.33. The lowest BCUT2D eigenvalue weighted by Crippen LogP contribution is -2.51. The van der Waals surface area contributed by atoms with Gasteiger partial charge in [-0.1, -0.05) is 13.0 Å². The molecule has 1 aromatic carbocycles.